The SMILES string of the molecule is C=Cc1cc(-c2nc3cc(C(=O)N(C)F)ccc3n2C)n(CC2CC2)c1N=C. The van der Waals surface area contributed by atoms with Gasteiger partial charge in [0.2, 0.25) is 0 Å². The van der Waals surface area contributed by atoms with Gasteiger partial charge < -0.3 is 9.13 Å². The van der Waals surface area contributed by atoms with Crippen molar-refractivity contribution in [3.8, 4) is 11.5 Å². The number of carbonyl (C=O) groups excluding carboxylic acids is 1. The second-order valence-electron chi connectivity index (χ2n) is 7.20. The van der Waals surface area contributed by atoms with Crippen molar-refractivity contribution in [1.82, 2.24) is 19.2 Å². The summed E-state index contributed by atoms with van der Waals surface area (Å²) in [6.45, 7) is 8.47. The molecule has 1 amide bonds. The number of nitrogens with zero attached hydrogens (tertiary/aromatic N) is 5. The van der Waals surface area contributed by atoms with Gasteiger partial charge in [-0.25, -0.2) is 9.98 Å². The van der Waals surface area contributed by atoms with E-state index in [0.29, 0.717) is 11.4 Å². The smallest absolute Gasteiger partial charge is 0.281 e. The average Bonchev–Trinajstić information content (AvgIpc) is 3.36. The largest absolute Gasteiger partial charge is 0.326 e. The minimum absolute atomic E-state index is 0.0736. The maximum atomic E-state index is 13.3. The van der Waals surface area contributed by atoms with Crippen LogP contribution in [-0.4, -0.2) is 38.9 Å². The van der Waals surface area contributed by atoms with E-state index in [9.17, 15) is 9.28 Å². The standard InChI is InChI=1S/C21H22FN5O/c1-5-14-11-18(27(19(14)23-2)12-13-6-7-13)20-24-16-10-15(21(28)26(4)22)8-9-17(16)25(20)3/h5,8-11,13H,1-2,6-7,12H2,3-4H3. The van der Waals surface area contributed by atoms with E-state index in [1.54, 1.807) is 24.3 Å². The number of halogens is 1. The van der Waals surface area contributed by atoms with E-state index in [-0.39, 0.29) is 10.7 Å². The molecule has 0 N–H and O–H groups in total. The van der Waals surface area contributed by atoms with Crippen molar-refractivity contribution in [2.24, 2.45) is 18.0 Å². The molecule has 1 fully saturated rings. The Morgan fingerprint density at radius 1 is 1.43 bits per heavy atom. The fourth-order valence-electron chi connectivity index (χ4n) is 3.56. The minimum Gasteiger partial charge on any atom is -0.326 e. The van der Waals surface area contributed by atoms with E-state index in [4.69, 9.17) is 4.98 Å². The molecule has 6 nitrogen and oxygen atoms in total. The van der Waals surface area contributed by atoms with Crippen LogP contribution in [-0.2, 0) is 13.6 Å². The lowest BCUT2D eigenvalue weighted by Crippen LogP contribution is -2.17. The molecule has 0 atom stereocenters. The zero-order valence-electron chi connectivity index (χ0n) is 16.0. The molecule has 1 aromatic carbocycles. The van der Waals surface area contributed by atoms with Gasteiger partial charge in [0.05, 0.1) is 16.7 Å². The Balaban J connectivity index is 1.88. The summed E-state index contributed by atoms with van der Waals surface area (Å²) in [5.74, 6) is 1.49. The highest BCUT2D eigenvalue weighted by molar-refractivity contribution is 5.97. The summed E-state index contributed by atoms with van der Waals surface area (Å²) < 4.78 is 17.4. The molecule has 7 heteroatoms. The summed E-state index contributed by atoms with van der Waals surface area (Å²) in [5.41, 5.74) is 3.60. The number of aryl methyl sites for hydroxylation is 1. The van der Waals surface area contributed by atoms with Crippen LogP contribution in [0.2, 0.25) is 0 Å². The Labute approximate surface area is 162 Å². The van der Waals surface area contributed by atoms with E-state index < -0.39 is 5.91 Å². The molecule has 0 spiro atoms. The summed E-state index contributed by atoms with van der Waals surface area (Å²) in [7, 11) is 3.01. The maximum absolute atomic E-state index is 13.3. The zero-order valence-corrected chi connectivity index (χ0v) is 16.0. The van der Waals surface area contributed by atoms with Gasteiger partial charge in [0.25, 0.3) is 5.91 Å². The lowest BCUT2D eigenvalue weighted by atomic mass is 10.2. The van der Waals surface area contributed by atoms with Gasteiger partial charge in [0.15, 0.2) is 5.82 Å². The van der Waals surface area contributed by atoms with Crippen LogP contribution in [0, 0.1) is 5.92 Å². The van der Waals surface area contributed by atoms with Crippen LogP contribution in [0.1, 0.15) is 28.8 Å². The number of aromatic nitrogens is 3. The Bertz CT molecular complexity index is 1100. The number of fused-ring (bicyclic) bond motifs is 1. The molecule has 1 saturated carbocycles. The molecule has 144 valence electrons. The van der Waals surface area contributed by atoms with Crippen molar-refractivity contribution in [2.75, 3.05) is 7.05 Å². The highest BCUT2D eigenvalue weighted by atomic mass is 19.2. The molecule has 1 aliphatic carbocycles. The topological polar surface area (TPSA) is 55.4 Å². The monoisotopic (exact) mass is 379 g/mol. The number of hydrogen-bond acceptors (Lipinski definition) is 3. The van der Waals surface area contributed by atoms with Gasteiger partial charge in [-0.2, -0.15) is 5.12 Å². The van der Waals surface area contributed by atoms with Crippen LogP contribution in [0.15, 0.2) is 35.8 Å². The van der Waals surface area contributed by atoms with Crippen LogP contribution >= 0.6 is 0 Å². The summed E-state index contributed by atoms with van der Waals surface area (Å²) in [6, 6.07) is 7.04. The summed E-state index contributed by atoms with van der Waals surface area (Å²) >= 11 is 0. The third-order valence-electron chi connectivity index (χ3n) is 5.24. The highest BCUT2D eigenvalue weighted by Gasteiger charge is 2.26. The third kappa shape index (κ3) is 2.93. The molecule has 3 aromatic rings. The van der Waals surface area contributed by atoms with Crippen molar-refractivity contribution in [3.05, 3.63) is 42.0 Å². The number of hydrogen-bond donors (Lipinski definition) is 0. The van der Waals surface area contributed by atoms with E-state index in [1.165, 1.54) is 12.8 Å². The van der Waals surface area contributed by atoms with Gasteiger partial charge in [0, 0.05) is 31.8 Å². The predicted octanol–water partition coefficient (Wildman–Crippen LogP) is 4.38. The van der Waals surface area contributed by atoms with Gasteiger partial charge in [-0.3, -0.25) is 4.79 Å². The zero-order chi connectivity index (χ0) is 20.0. The summed E-state index contributed by atoms with van der Waals surface area (Å²) in [6.07, 6.45) is 4.19. The molecule has 2 aromatic heterocycles. The average molecular weight is 379 g/mol. The first-order chi connectivity index (χ1) is 13.4. The summed E-state index contributed by atoms with van der Waals surface area (Å²) in [4.78, 5) is 20.9. The number of carbonyl (C=O) groups is 1. The Hall–Kier alpha value is -3.22. The van der Waals surface area contributed by atoms with Crippen LogP contribution in [0.25, 0.3) is 28.6 Å². The molecule has 0 bridgehead atoms. The Morgan fingerprint density at radius 3 is 2.79 bits per heavy atom. The lowest BCUT2D eigenvalue weighted by molar-refractivity contribution is 0.0343. The highest BCUT2D eigenvalue weighted by Crippen LogP contribution is 2.38. The van der Waals surface area contributed by atoms with Crippen LogP contribution < -0.4 is 0 Å². The first-order valence-corrected chi connectivity index (χ1v) is 9.18. The molecule has 0 radical (unpaired) electrons. The van der Waals surface area contributed by atoms with Crippen molar-refractivity contribution in [3.63, 3.8) is 0 Å². The molecule has 1 aliphatic rings. The van der Waals surface area contributed by atoms with Crippen LogP contribution in [0.5, 0.6) is 0 Å². The molecular weight excluding hydrogens is 357 g/mol. The van der Waals surface area contributed by atoms with Crippen molar-refractivity contribution in [2.45, 2.75) is 19.4 Å². The second-order valence-corrected chi connectivity index (χ2v) is 7.20. The molecule has 0 saturated heterocycles. The number of rotatable bonds is 6. The predicted molar refractivity (Wildman–Crippen MR) is 109 cm³/mol. The summed E-state index contributed by atoms with van der Waals surface area (Å²) in [5, 5.41) is 0.0736. The lowest BCUT2D eigenvalue weighted by Gasteiger charge is -2.11. The van der Waals surface area contributed by atoms with Crippen LogP contribution in [0.4, 0.5) is 10.3 Å². The van der Waals surface area contributed by atoms with E-state index in [1.807, 2.05) is 17.7 Å². The molecule has 2 heterocycles. The number of benzene rings is 1. The van der Waals surface area contributed by atoms with Crippen molar-refractivity contribution in [1.29, 1.82) is 0 Å². The fraction of sp³-hybridized carbons (Fsp3) is 0.286. The molecule has 0 unspecified atom stereocenters. The molecule has 28 heavy (non-hydrogen) atoms. The first kappa shape index (κ1) is 18.2. The number of imidazole rings is 1. The molecular formula is C21H22FN5O. The Morgan fingerprint density at radius 2 is 2.18 bits per heavy atom. The molecule has 0 aliphatic heterocycles. The van der Waals surface area contributed by atoms with Gasteiger partial charge in [-0.1, -0.05) is 17.1 Å². The second kappa shape index (κ2) is 6.74. The minimum atomic E-state index is -0.696. The van der Waals surface area contributed by atoms with Crippen molar-refractivity contribution < 1.29 is 9.28 Å². The third-order valence-corrected chi connectivity index (χ3v) is 5.24. The first-order valence-electron chi connectivity index (χ1n) is 9.18. The van der Waals surface area contributed by atoms with E-state index >= 15 is 0 Å². The quantitative estimate of drug-likeness (QED) is 0.471. The van der Waals surface area contributed by atoms with E-state index in [0.717, 1.165) is 42.0 Å². The number of amides is 1. The number of aliphatic imine (C=N–C) groups is 1. The maximum Gasteiger partial charge on any atom is 0.281 e. The van der Waals surface area contributed by atoms with Gasteiger partial charge in [-0.15, -0.1) is 0 Å². The molecule has 4 rings (SSSR count). The van der Waals surface area contributed by atoms with Crippen LogP contribution in [0.3, 0.4) is 0 Å². The van der Waals surface area contributed by atoms with Gasteiger partial charge in [-0.05, 0) is 49.7 Å². The van der Waals surface area contributed by atoms with Gasteiger partial charge >= 0.3 is 0 Å². The Kier molecular flexibility index (Phi) is 4.37. The van der Waals surface area contributed by atoms with Gasteiger partial charge in [0.1, 0.15) is 5.82 Å². The fourth-order valence-corrected chi connectivity index (χ4v) is 3.56. The normalized spacial score (nSPS) is 13.7. The van der Waals surface area contributed by atoms with E-state index in [2.05, 4.69) is 22.9 Å². The van der Waals surface area contributed by atoms with Crippen molar-refractivity contribution >= 4 is 35.6 Å².